The van der Waals surface area contributed by atoms with Gasteiger partial charge in [-0.05, 0) is 72.9 Å². The predicted octanol–water partition coefficient (Wildman–Crippen LogP) is 7.26. The highest BCUT2D eigenvalue weighted by molar-refractivity contribution is 6.33. The van der Waals surface area contributed by atoms with Gasteiger partial charge in [-0.25, -0.2) is 4.79 Å². The Kier molecular flexibility index (Phi) is 6.78. The SMILES string of the molecule is COc1ccc(C(O)(c2cccc(C(=O)ON3C(=O)CCC3=O)c2)c2ccc3c4cccc5cccc(c6cccc2c63)c54)c(OC)c1. The molecule has 2 amide bonds. The molecule has 8 heteroatoms. The molecule has 1 aliphatic rings. The first kappa shape index (κ1) is 29.4. The van der Waals surface area contributed by atoms with Gasteiger partial charge in [0, 0.05) is 30.0 Å². The normalized spacial score (nSPS) is 14.7. The van der Waals surface area contributed by atoms with Crippen molar-refractivity contribution in [3.05, 3.63) is 131 Å². The van der Waals surface area contributed by atoms with Crippen LogP contribution in [-0.2, 0) is 20.0 Å². The van der Waals surface area contributed by atoms with E-state index in [-0.39, 0.29) is 18.4 Å². The lowest BCUT2D eigenvalue weighted by Gasteiger charge is -2.33. The number of hydrogen-bond donors (Lipinski definition) is 1. The Morgan fingerprint density at radius 2 is 1.27 bits per heavy atom. The van der Waals surface area contributed by atoms with E-state index in [0.29, 0.717) is 33.3 Å². The molecule has 48 heavy (non-hydrogen) atoms. The number of hydrogen-bond acceptors (Lipinski definition) is 7. The zero-order valence-electron chi connectivity index (χ0n) is 26.2. The zero-order chi connectivity index (χ0) is 33.2. The van der Waals surface area contributed by atoms with E-state index < -0.39 is 23.4 Å². The van der Waals surface area contributed by atoms with Crippen LogP contribution >= 0.6 is 0 Å². The van der Waals surface area contributed by atoms with Gasteiger partial charge < -0.3 is 19.4 Å². The molecule has 1 aliphatic heterocycles. The van der Waals surface area contributed by atoms with Crippen molar-refractivity contribution in [2.45, 2.75) is 18.4 Å². The second kappa shape index (κ2) is 11.1. The maximum absolute atomic E-state index is 13.3. The molecule has 0 radical (unpaired) electrons. The van der Waals surface area contributed by atoms with Crippen LogP contribution in [0.5, 0.6) is 11.5 Å². The van der Waals surface area contributed by atoms with Gasteiger partial charge in [-0.15, -0.1) is 5.06 Å². The number of benzene rings is 7. The fraction of sp³-hybridized carbons (Fsp3) is 0.125. The molecule has 1 unspecified atom stereocenters. The molecular weight excluding hydrogens is 606 g/mol. The molecule has 1 N–H and O–H groups in total. The van der Waals surface area contributed by atoms with Gasteiger partial charge in [-0.3, -0.25) is 9.59 Å². The van der Waals surface area contributed by atoms with Crippen LogP contribution in [0.3, 0.4) is 0 Å². The number of ether oxygens (including phenoxy) is 2. The highest BCUT2D eigenvalue weighted by Gasteiger charge is 2.40. The Balaban J connectivity index is 1.40. The average Bonchev–Trinajstić information content (AvgIpc) is 3.45. The van der Waals surface area contributed by atoms with E-state index in [9.17, 15) is 19.5 Å². The van der Waals surface area contributed by atoms with Gasteiger partial charge in [0.1, 0.15) is 17.1 Å². The minimum atomic E-state index is -1.87. The molecule has 7 aromatic carbocycles. The minimum absolute atomic E-state index is 0.0206. The van der Waals surface area contributed by atoms with Crippen LogP contribution in [0.15, 0.2) is 109 Å². The monoisotopic (exact) mass is 635 g/mol. The molecule has 7 aromatic rings. The highest BCUT2D eigenvalue weighted by Crippen LogP contribution is 2.48. The van der Waals surface area contributed by atoms with Crippen LogP contribution in [-0.4, -0.2) is 42.2 Å². The van der Waals surface area contributed by atoms with Gasteiger partial charge in [-0.2, -0.15) is 0 Å². The minimum Gasteiger partial charge on any atom is -0.497 e. The summed E-state index contributed by atoms with van der Waals surface area (Å²) in [6, 6.07) is 34.2. The Morgan fingerprint density at radius 1 is 0.667 bits per heavy atom. The van der Waals surface area contributed by atoms with Crippen LogP contribution in [0.4, 0.5) is 0 Å². The molecular formula is C40H29NO7. The summed E-state index contributed by atoms with van der Waals surface area (Å²) in [7, 11) is 3.07. The van der Waals surface area contributed by atoms with Crippen molar-refractivity contribution in [1.29, 1.82) is 0 Å². The van der Waals surface area contributed by atoms with Crippen LogP contribution in [0, 0.1) is 0 Å². The number of hydroxylamine groups is 2. The molecule has 1 fully saturated rings. The van der Waals surface area contributed by atoms with E-state index in [4.69, 9.17) is 14.3 Å². The molecule has 1 atom stereocenters. The second-order valence-corrected chi connectivity index (χ2v) is 11.9. The summed E-state index contributed by atoms with van der Waals surface area (Å²) >= 11 is 0. The molecule has 8 nitrogen and oxygen atoms in total. The average molecular weight is 636 g/mol. The second-order valence-electron chi connectivity index (χ2n) is 11.9. The standard InChI is InChI=1S/C40H29NO7/c1-46-26-15-17-33(34(22-26)47-2)40(45,25-10-3-9-24(21-25)39(44)48-41-35(42)19-20-36(41)43)32-18-16-30-28-12-5-8-23-7-4-11-27(37(23)28)29-13-6-14-31(32)38(29)30/h3-18,21-22,45H,19-20H2,1-2H3. The maximum atomic E-state index is 13.3. The van der Waals surface area contributed by atoms with Gasteiger partial charge >= 0.3 is 5.97 Å². The van der Waals surface area contributed by atoms with E-state index in [0.717, 1.165) is 37.7 Å². The zero-order valence-corrected chi connectivity index (χ0v) is 26.2. The Morgan fingerprint density at radius 3 is 1.96 bits per heavy atom. The smallest absolute Gasteiger partial charge is 0.363 e. The first-order valence-electron chi connectivity index (χ1n) is 15.6. The van der Waals surface area contributed by atoms with E-state index in [1.54, 1.807) is 37.4 Å². The quantitative estimate of drug-likeness (QED) is 0.0851. The van der Waals surface area contributed by atoms with Gasteiger partial charge in [0.2, 0.25) is 0 Å². The predicted molar refractivity (Wildman–Crippen MR) is 182 cm³/mol. The lowest BCUT2D eigenvalue weighted by molar-refractivity contribution is -0.172. The van der Waals surface area contributed by atoms with Crippen molar-refractivity contribution in [2.75, 3.05) is 14.2 Å². The number of amides is 2. The van der Waals surface area contributed by atoms with Gasteiger partial charge in [0.05, 0.1) is 19.8 Å². The Hall–Kier alpha value is -5.99. The van der Waals surface area contributed by atoms with Gasteiger partial charge in [0.25, 0.3) is 11.8 Å². The molecule has 0 spiro atoms. The lowest BCUT2D eigenvalue weighted by atomic mass is 9.76. The van der Waals surface area contributed by atoms with Gasteiger partial charge in [0.15, 0.2) is 0 Å². The van der Waals surface area contributed by atoms with Gasteiger partial charge in [-0.1, -0.05) is 78.9 Å². The number of imide groups is 1. The summed E-state index contributed by atoms with van der Waals surface area (Å²) < 4.78 is 11.3. The van der Waals surface area contributed by atoms with Crippen molar-refractivity contribution in [1.82, 2.24) is 5.06 Å². The molecule has 1 saturated heterocycles. The summed E-state index contributed by atoms with van der Waals surface area (Å²) in [4.78, 5) is 42.9. The number of carbonyl (C=O) groups is 3. The largest absolute Gasteiger partial charge is 0.497 e. The summed E-state index contributed by atoms with van der Waals surface area (Å²) in [5, 5.41) is 22.3. The van der Waals surface area contributed by atoms with Crippen molar-refractivity contribution in [2.24, 2.45) is 0 Å². The van der Waals surface area contributed by atoms with Crippen molar-refractivity contribution in [3.63, 3.8) is 0 Å². The van der Waals surface area contributed by atoms with E-state index >= 15 is 0 Å². The molecule has 0 bridgehead atoms. The molecule has 236 valence electrons. The number of fused-ring (bicyclic) bond motifs is 2. The summed E-state index contributed by atoms with van der Waals surface area (Å²) in [6.07, 6.45) is -0.0413. The molecule has 0 saturated carbocycles. The van der Waals surface area contributed by atoms with Crippen LogP contribution < -0.4 is 9.47 Å². The molecule has 0 aromatic heterocycles. The lowest BCUT2D eigenvalue weighted by Crippen LogP contribution is -2.33. The van der Waals surface area contributed by atoms with Crippen molar-refractivity contribution in [3.8, 4) is 11.5 Å². The Bertz CT molecular complexity index is 2390. The van der Waals surface area contributed by atoms with Crippen LogP contribution in [0.1, 0.15) is 39.9 Å². The highest BCUT2D eigenvalue weighted by atomic mass is 16.7. The third kappa shape index (κ3) is 4.30. The molecule has 0 aliphatic carbocycles. The summed E-state index contributed by atoms with van der Waals surface area (Å²) in [6.45, 7) is 0. The van der Waals surface area contributed by atoms with E-state index in [1.165, 1.54) is 24.6 Å². The first-order chi connectivity index (χ1) is 23.3. The van der Waals surface area contributed by atoms with Crippen LogP contribution in [0.2, 0.25) is 0 Å². The maximum Gasteiger partial charge on any atom is 0.363 e. The Labute approximate surface area is 274 Å². The fourth-order valence-corrected chi connectivity index (χ4v) is 7.18. The first-order valence-corrected chi connectivity index (χ1v) is 15.6. The topological polar surface area (TPSA) is 102 Å². The van der Waals surface area contributed by atoms with Crippen molar-refractivity contribution < 1.29 is 33.8 Å². The molecule has 1 heterocycles. The number of carbonyl (C=O) groups excluding carboxylic acids is 3. The summed E-state index contributed by atoms with van der Waals surface area (Å²) in [5.41, 5.74) is -0.491. The third-order valence-electron chi connectivity index (χ3n) is 9.41. The van der Waals surface area contributed by atoms with E-state index in [2.05, 4.69) is 42.5 Å². The number of rotatable bonds is 7. The number of aliphatic hydroxyl groups is 1. The van der Waals surface area contributed by atoms with Crippen molar-refractivity contribution >= 4 is 60.9 Å². The number of methoxy groups -OCH3 is 2. The number of nitrogens with zero attached hydrogens (tertiary/aromatic N) is 1. The molecule has 8 rings (SSSR count). The van der Waals surface area contributed by atoms with E-state index in [1.807, 2.05) is 24.3 Å². The fourth-order valence-electron chi connectivity index (χ4n) is 7.18. The summed E-state index contributed by atoms with van der Waals surface area (Å²) in [5.74, 6) is -1.15. The third-order valence-corrected chi connectivity index (χ3v) is 9.41. The van der Waals surface area contributed by atoms with Crippen LogP contribution in [0.25, 0.3) is 43.1 Å².